The molecule has 0 bridgehead atoms. The van der Waals surface area contributed by atoms with Crippen LogP contribution in [0.3, 0.4) is 0 Å². The maximum atomic E-state index is 10.6. The van der Waals surface area contributed by atoms with Crippen LogP contribution in [0.15, 0.2) is 4.63 Å². The molecule has 0 unspecified atom stereocenters. The topological polar surface area (TPSA) is 88.7 Å². The van der Waals surface area contributed by atoms with E-state index in [9.17, 15) is 4.79 Å². The van der Waals surface area contributed by atoms with E-state index >= 15 is 0 Å². The molecular formula is C9H15N3O4. The number of carbonyl (C=O) groups is 1. The number of rotatable bonds is 7. The molecule has 16 heavy (non-hydrogen) atoms. The molecule has 90 valence electrons. The van der Waals surface area contributed by atoms with Gasteiger partial charge in [-0.15, -0.1) is 0 Å². The van der Waals surface area contributed by atoms with E-state index in [0.29, 0.717) is 31.1 Å². The van der Waals surface area contributed by atoms with Crippen LogP contribution in [0.1, 0.15) is 11.4 Å². The number of ether oxygens (including phenoxy) is 1. The fourth-order valence-corrected chi connectivity index (χ4v) is 1.23. The molecule has 1 aromatic heterocycles. The Balaban J connectivity index is 2.55. The van der Waals surface area contributed by atoms with Crippen molar-refractivity contribution in [1.29, 1.82) is 0 Å². The van der Waals surface area contributed by atoms with Crippen LogP contribution in [0.4, 0.5) is 0 Å². The molecular weight excluding hydrogens is 214 g/mol. The lowest BCUT2D eigenvalue weighted by atomic mass is 10.3. The molecule has 0 atom stereocenters. The van der Waals surface area contributed by atoms with Gasteiger partial charge >= 0.3 is 5.97 Å². The SMILES string of the molecule is COCCN(CC(=O)O)Cc1nonc1C. The van der Waals surface area contributed by atoms with Gasteiger partial charge in [-0.1, -0.05) is 10.3 Å². The highest BCUT2D eigenvalue weighted by Crippen LogP contribution is 2.05. The second kappa shape index (κ2) is 6.19. The average molecular weight is 229 g/mol. The Bertz CT molecular complexity index is 339. The molecule has 1 aromatic rings. The van der Waals surface area contributed by atoms with Gasteiger partial charge in [0.1, 0.15) is 11.4 Å². The number of carboxylic acids is 1. The zero-order valence-corrected chi connectivity index (χ0v) is 9.34. The van der Waals surface area contributed by atoms with E-state index in [1.165, 1.54) is 0 Å². The van der Waals surface area contributed by atoms with Crippen LogP contribution in [0.5, 0.6) is 0 Å². The number of carboxylic acid groups (broad SMARTS) is 1. The van der Waals surface area contributed by atoms with Crippen LogP contribution in [0, 0.1) is 6.92 Å². The number of aliphatic carboxylic acids is 1. The van der Waals surface area contributed by atoms with E-state index in [0.717, 1.165) is 0 Å². The standard InChI is InChI=1S/C9H15N3O4/c1-7-8(11-16-10-7)5-12(3-4-15-2)6-9(13)14/h3-6H2,1-2H3,(H,13,14). The van der Waals surface area contributed by atoms with Crippen LogP contribution in [-0.4, -0.2) is 53.1 Å². The van der Waals surface area contributed by atoms with Gasteiger partial charge < -0.3 is 9.84 Å². The average Bonchev–Trinajstić information content (AvgIpc) is 2.60. The summed E-state index contributed by atoms with van der Waals surface area (Å²) in [6.45, 7) is 3.09. The fraction of sp³-hybridized carbons (Fsp3) is 0.667. The van der Waals surface area contributed by atoms with E-state index < -0.39 is 5.97 Å². The summed E-state index contributed by atoms with van der Waals surface area (Å²) < 4.78 is 9.46. The van der Waals surface area contributed by atoms with Gasteiger partial charge in [-0.25, -0.2) is 4.63 Å². The van der Waals surface area contributed by atoms with Crippen molar-refractivity contribution in [2.75, 3.05) is 26.8 Å². The number of hydrogen-bond acceptors (Lipinski definition) is 6. The highest BCUT2D eigenvalue weighted by Gasteiger charge is 2.14. The summed E-state index contributed by atoms with van der Waals surface area (Å²) in [6, 6.07) is 0. The quantitative estimate of drug-likeness (QED) is 0.698. The maximum Gasteiger partial charge on any atom is 0.317 e. The molecule has 0 aliphatic carbocycles. The van der Waals surface area contributed by atoms with Crippen molar-refractivity contribution < 1.29 is 19.3 Å². The van der Waals surface area contributed by atoms with E-state index in [1.807, 2.05) is 0 Å². The molecule has 0 saturated carbocycles. The fourth-order valence-electron chi connectivity index (χ4n) is 1.23. The number of hydrogen-bond donors (Lipinski definition) is 1. The predicted molar refractivity (Wildman–Crippen MR) is 53.8 cm³/mol. The molecule has 1 N–H and O–H groups in total. The Morgan fingerprint density at radius 3 is 2.81 bits per heavy atom. The first kappa shape index (κ1) is 12.6. The number of methoxy groups -OCH3 is 1. The third kappa shape index (κ3) is 3.95. The third-order valence-corrected chi connectivity index (χ3v) is 2.09. The zero-order chi connectivity index (χ0) is 12.0. The summed E-state index contributed by atoms with van der Waals surface area (Å²) in [6.07, 6.45) is 0. The van der Waals surface area contributed by atoms with Gasteiger partial charge in [0.25, 0.3) is 0 Å². The van der Waals surface area contributed by atoms with Gasteiger partial charge in [0.2, 0.25) is 0 Å². The van der Waals surface area contributed by atoms with Gasteiger partial charge in [0, 0.05) is 20.2 Å². The van der Waals surface area contributed by atoms with Crippen molar-refractivity contribution in [3.8, 4) is 0 Å². The van der Waals surface area contributed by atoms with Crippen LogP contribution in [0.2, 0.25) is 0 Å². The second-order valence-electron chi connectivity index (χ2n) is 3.39. The van der Waals surface area contributed by atoms with Gasteiger partial charge in [-0.05, 0) is 6.92 Å². The molecule has 0 fully saturated rings. The molecule has 0 radical (unpaired) electrons. The lowest BCUT2D eigenvalue weighted by Gasteiger charge is -2.18. The van der Waals surface area contributed by atoms with Crippen molar-refractivity contribution >= 4 is 5.97 Å². The second-order valence-corrected chi connectivity index (χ2v) is 3.39. The van der Waals surface area contributed by atoms with Crippen LogP contribution >= 0.6 is 0 Å². The summed E-state index contributed by atoms with van der Waals surface area (Å²) in [5.41, 5.74) is 1.32. The minimum absolute atomic E-state index is 0.0599. The predicted octanol–water partition coefficient (Wildman–Crippen LogP) is -0.0890. The van der Waals surface area contributed by atoms with Gasteiger partial charge in [0.05, 0.1) is 13.2 Å². The Morgan fingerprint density at radius 1 is 1.56 bits per heavy atom. The lowest BCUT2D eigenvalue weighted by Crippen LogP contribution is -2.32. The Kier molecular flexibility index (Phi) is 4.87. The van der Waals surface area contributed by atoms with Crippen molar-refractivity contribution in [2.45, 2.75) is 13.5 Å². The first-order chi connectivity index (χ1) is 7.63. The largest absolute Gasteiger partial charge is 0.480 e. The van der Waals surface area contributed by atoms with Crippen molar-refractivity contribution in [1.82, 2.24) is 15.2 Å². The Labute approximate surface area is 93.0 Å². The summed E-state index contributed by atoms with van der Waals surface area (Å²) in [5, 5.41) is 16.1. The summed E-state index contributed by atoms with van der Waals surface area (Å²) in [4.78, 5) is 12.4. The molecule has 0 aliphatic rings. The van der Waals surface area contributed by atoms with E-state index in [1.54, 1.807) is 18.9 Å². The summed E-state index contributed by atoms with van der Waals surface area (Å²) in [5.74, 6) is -0.884. The summed E-state index contributed by atoms with van der Waals surface area (Å²) >= 11 is 0. The minimum atomic E-state index is -0.884. The molecule has 0 aromatic carbocycles. The first-order valence-corrected chi connectivity index (χ1v) is 4.84. The monoisotopic (exact) mass is 229 g/mol. The minimum Gasteiger partial charge on any atom is -0.480 e. The molecule has 1 rings (SSSR count). The van der Waals surface area contributed by atoms with Crippen molar-refractivity contribution in [3.63, 3.8) is 0 Å². The van der Waals surface area contributed by atoms with Crippen molar-refractivity contribution in [3.05, 3.63) is 11.4 Å². The lowest BCUT2D eigenvalue weighted by molar-refractivity contribution is -0.138. The molecule has 0 saturated heterocycles. The van der Waals surface area contributed by atoms with E-state index in [4.69, 9.17) is 9.84 Å². The molecule has 0 spiro atoms. The highest BCUT2D eigenvalue weighted by molar-refractivity contribution is 5.69. The van der Waals surface area contributed by atoms with Crippen molar-refractivity contribution in [2.24, 2.45) is 0 Å². The van der Waals surface area contributed by atoms with Crippen LogP contribution < -0.4 is 0 Å². The molecule has 7 nitrogen and oxygen atoms in total. The normalized spacial score (nSPS) is 10.9. The molecule has 7 heteroatoms. The number of nitrogens with zero attached hydrogens (tertiary/aromatic N) is 3. The van der Waals surface area contributed by atoms with Crippen LogP contribution in [-0.2, 0) is 16.1 Å². The molecule has 0 aliphatic heterocycles. The Morgan fingerprint density at radius 2 is 2.31 bits per heavy atom. The number of aryl methyl sites for hydroxylation is 1. The smallest absolute Gasteiger partial charge is 0.317 e. The zero-order valence-electron chi connectivity index (χ0n) is 9.34. The third-order valence-electron chi connectivity index (χ3n) is 2.09. The first-order valence-electron chi connectivity index (χ1n) is 4.84. The van der Waals surface area contributed by atoms with E-state index in [2.05, 4.69) is 14.9 Å². The van der Waals surface area contributed by atoms with Gasteiger partial charge in [-0.2, -0.15) is 0 Å². The molecule has 1 heterocycles. The van der Waals surface area contributed by atoms with Gasteiger partial charge in [-0.3, -0.25) is 9.69 Å². The van der Waals surface area contributed by atoms with E-state index in [-0.39, 0.29) is 6.54 Å². The number of aromatic nitrogens is 2. The summed E-state index contributed by atoms with van der Waals surface area (Å²) in [7, 11) is 1.57. The van der Waals surface area contributed by atoms with Crippen LogP contribution in [0.25, 0.3) is 0 Å². The maximum absolute atomic E-state index is 10.6. The highest BCUT2D eigenvalue weighted by atomic mass is 16.6. The Hall–Kier alpha value is -1.47. The molecule has 0 amide bonds. The van der Waals surface area contributed by atoms with Gasteiger partial charge in [0.15, 0.2) is 0 Å².